The first-order chi connectivity index (χ1) is 11.2. The summed E-state index contributed by atoms with van der Waals surface area (Å²) in [6.45, 7) is 0. The Morgan fingerprint density at radius 3 is 2.61 bits per heavy atom. The van der Waals surface area contributed by atoms with Crippen LogP contribution < -0.4 is 0 Å². The highest BCUT2D eigenvalue weighted by Crippen LogP contribution is 2.27. The number of carboxylic acids is 1. The zero-order chi connectivity index (χ0) is 15.8. The van der Waals surface area contributed by atoms with Crippen LogP contribution in [0.1, 0.15) is 10.5 Å². The summed E-state index contributed by atoms with van der Waals surface area (Å²) in [5.41, 5.74) is 4.08. The van der Waals surface area contributed by atoms with Crippen molar-refractivity contribution in [1.82, 2.24) is 14.6 Å². The lowest BCUT2D eigenvalue weighted by molar-refractivity contribution is 0.0690. The van der Waals surface area contributed by atoms with Crippen LogP contribution in [0, 0.1) is 0 Å². The Bertz CT molecular complexity index is 992. The molecule has 6 heteroatoms. The maximum Gasteiger partial charge on any atom is 0.356 e. The summed E-state index contributed by atoms with van der Waals surface area (Å²) in [5, 5.41) is 17.3. The van der Waals surface area contributed by atoms with Gasteiger partial charge in [0.1, 0.15) is 0 Å². The van der Waals surface area contributed by atoms with Crippen LogP contribution >= 0.6 is 11.3 Å². The van der Waals surface area contributed by atoms with E-state index in [2.05, 4.69) is 10.1 Å². The summed E-state index contributed by atoms with van der Waals surface area (Å²) in [7, 11) is 0. The number of aromatic nitrogens is 3. The average Bonchev–Trinajstić information content (AvgIpc) is 3.24. The molecule has 0 aliphatic rings. The van der Waals surface area contributed by atoms with Gasteiger partial charge in [-0.25, -0.2) is 14.3 Å². The molecule has 0 saturated heterocycles. The van der Waals surface area contributed by atoms with Crippen LogP contribution in [0.3, 0.4) is 0 Å². The number of benzene rings is 1. The predicted molar refractivity (Wildman–Crippen MR) is 88.7 cm³/mol. The monoisotopic (exact) mass is 321 g/mol. The van der Waals surface area contributed by atoms with Crippen LogP contribution in [0.5, 0.6) is 0 Å². The second-order valence-electron chi connectivity index (χ2n) is 5.01. The number of hydrogen-bond donors (Lipinski definition) is 1. The normalized spacial score (nSPS) is 11.0. The number of rotatable bonds is 3. The Kier molecular flexibility index (Phi) is 3.17. The number of carboxylic acid groups (broad SMARTS) is 1. The lowest BCUT2D eigenvalue weighted by Gasteiger charge is -2.07. The zero-order valence-corrected chi connectivity index (χ0v) is 12.7. The molecule has 0 bridgehead atoms. The van der Waals surface area contributed by atoms with Crippen molar-refractivity contribution in [3.05, 3.63) is 65.0 Å². The quantitative estimate of drug-likeness (QED) is 0.623. The second-order valence-corrected chi connectivity index (χ2v) is 5.79. The van der Waals surface area contributed by atoms with Crippen molar-refractivity contribution in [3.8, 4) is 22.5 Å². The number of aromatic carboxylic acids is 1. The molecule has 0 unspecified atom stereocenters. The van der Waals surface area contributed by atoms with Crippen LogP contribution in [-0.4, -0.2) is 25.7 Å². The van der Waals surface area contributed by atoms with Gasteiger partial charge in [0.2, 0.25) is 0 Å². The lowest BCUT2D eigenvalue weighted by Crippen LogP contribution is -2.00. The van der Waals surface area contributed by atoms with Gasteiger partial charge in [0, 0.05) is 22.6 Å². The molecule has 3 aromatic heterocycles. The Labute approximate surface area is 135 Å². The number of fused-ring (bicyclic) bond motifs is 1. The minimum absolute atomic E-state index is 0.0146. The van der Waals surface area contributed by atoms with Crippen LogP contribution in [0.25, 0.3) is 28.2 Å². The third kappa shape index (κ3) is 2.39. The smallest absolute Gasteiger partial charge is 0.356 e. The largest absolute Gasteiger partial charge is 0.476 e. The molecule has 0 spiro atoms. The third-order valence-corrected chi connectivity index (χ3v) is 4.22. The summed E-state index contributed by atoms with van der Waals surface area (Å²) in [4.78, 5) is 15.8. The van der Waals surface area contributed by atoms with E-state index in [1.807, 2.05) is 53.2 Å². The molecule has 3 heterocycles. The van der Waals surface area contributed by atoms with Gasteiger partial charge >= 0.3 is 5.97 Å². The van der Waals surface area contributed by atoms with Crippen molar-refractivity contribution in [3.63, 3.8) is 0 Å². The van der Waals surface area contributed by atoms with E-state index in [0.717, 1.165) is 22.5 Å². The molecule has 0 amide bonds. The van der Waals surface area contributed by atoms with Gasteiger partial charge in [-0.15, -0.1) is 0 Å². The van der Waals surface area contributed by atoms with Crippen molar-refractivity contribution >= 4 is 23.0 Å². The maximum atomic E-state index is 11.2. The second kappa shape index (κ2) is 5.33. The highest BCUT2D eigenvalue weighted by Gasteiger charge is 2.15. The standard InChI is InChI=1S/C17H11N3O2S/c21-17(22)14-9-16-18-13(11-4-2-1-3-5-11)8-15(20(16)19-14)12-6-7-23-10-12/h1-10H,(H,21,22). The molecular weight excluding hydrogens is 310 g/mol. The molecule has 112 valence electrons. The maximum absolute atomic E-state index is 11.2. The molecule has 0 saturated carbocycles. The van der Waals surface area contributed by atoms with E-state index in [1.54, 1.807) is 15.9 Å². The molecule has 0 radical (unpaired) electrons. The third-order valence-electron chi connectivity index (χ3n) is 3.53. The SMILES string of the molecule is O=C(O)c1cc2nc(-c3ccccc3)cc(-c3ccsc3)n2n1. The van der Waals surface area contributed by atoms with Gasteiger partial charge in [0.25, 0.3) is 0 Å². The van der Waals surface area contributed by atoms with Crippen molar-refractivity contribution in [2.75, 3.05) is 0 Å². The molecule has 5 nitrogen and oxygen atoms in total. The number of nitrogens with zero attached hydrogens (tertiary/aromatic N) is 3. The molecule has 4 rings (SSSR count). The molecule has 23 heavy (non-hydrogen) atoms. The minimum Gasteiger partial charge on any atom is -0.476 e. The highest BCUT2D eigenvalue weighted by atomic mass is 32.1. The molecule has 0 aliphatic heterocycles. The van der Waals surface area contributed by atoms with E-state index >= 15 is 0 Å². The fourth-order valence-corrected chi connectivity index (χ4v) is 3.10. The summed E-state index contributed by atoms with van der Waals surface area (Å²) >= 11 is 1.58. The van der Waals surface area contributed by atoms with Gasteiger partial charge < -0.3 is 5.11 Å². The summed E-state index contributed by atoms with van der Waals surface area (Å²) in [6, 6.07) is 15.2. The van der Waals surface area contributed by atoms with Crippen LogP contribution in [0.4, 0.5) is 0 Å². The van der Waals surface area contributed by atoms with E-state index in [0.29, 0.717) is 5.65 Å². The van der Waals surface area contributed by atoms with Crippen molar-refractivity contribution < 1.29 is 9.90 Å². The first-order valence-corrected chi connectivity index (χ1v) is 7.89. The topological polar surface area (TPSA) is 67.5 Å². The Morgan fingerprint density at radius 1 is 1.09 bits per heavy atom. The summed E-state index contributed by atoms with van der Waals surface area (Å²) in [6.07, 6.45) is 0. The number of thiophene rings is 1. The molecule has 1 aromatic carbocycles. The van der Waals surface area contributed by atoms with Crippen LogP contribution in [-0.2, 0) is 0 Å². The lowest BCUT2D eigenvalue weighted by atomic mass is 10.1. The summed E-state index contributed by atoms with van der Waals surface area (Å²) in [5.74, 6) is -1.06. The number of hydrogen-bond acceptors (Lipinski definition) is 4. The first kappa shape index (κ1) is 13.7. The summed E-state index contributed by atoms with van der Waals surface area (Å²) < 4.78 is 1.58. The Morgan fingerprint density at radius 2 is 1.91 bits per heavy atom. The molecule has 0 aliphatic carbocycles. The molecule has 1 N–H and O–H groups in total. The zero-order valence-electron chi connectivity index (χ0n) is 11.9. The van der Waals surface area contributed by atoms with Gasteiger partial charge in [-0.3, -0.25) is 0 Å². The Balaban J connectivity index is 2.02. The molecule has 0 fully saturated rings. The first-order valence-electron chi connectivity index (χ1n) is 6.94. The van der Waals surface area contributed by atoms with E-state index in [1.165, 1.54) is 6.07 Å². The Hall–Kier alpha value is -2.99. The minimum atomic E-state index is -1.06. The van der Waals surface area contributed by atoms with Crippen LogP contribution in [0.2, 0.25) is 0 Å². The van der Waals surface area contributed by atoms with E-state index in [9.17, 15) is 9.90 Å². The van der Waals surface area contributed by atoms with Gasteiger partial charge in [0.05, 0.1) is 11.4 Å². The van der Waals surface area contributed by atoms with Crippen molar-refractivity contribution in [2.24, 2.45) is 0 Å². The number of carbonyl (C=O) groups is 1. The van der Waals surface area contributed by atoms with Gasteiger partial charge in [-0.2, -0.15) is 16.4 Å². The van der Waals surface area contributed by atoms with Crippen molar-refractivity contribution in [1.29, 1.82) is 0 Å². The molecule has 0 atom stereocenters. The van der Waals surface area contributed by atoms with Gasteiger partial charge in [0.15, 0.2) is 11.3 Å². The molecular formula is C17H11N3O2S. The van der Waals surface area contributed by atoms with Gasteiger partial charge in [-0.1, -0.05) is 30.3 Å². The van der Waals surface area contributed by atoms with Crippen LogP contribution in [0.15, 0.2) is 59.3 Å². The fourth-order valence-electron chi connectivity index (χ4n) is 2.45. The highest BCUT2D eigenvalue weighted by molar-refractivity contribution is 7.08. The fraction of sp³-hybridized carbons (Fsp3) is 0. The molecule has 4 aromatic rings. The van der Waals surface area contributed by atoms with E-state index < -0.39 is 5.97 Å². The van der Waals surface area contributed by atoms with E-state index in [4.69, 9.17) is 0 Å². The van der Waals surface area contributed by atoms with E-state index in [-0.39, 0.29) is 5.69 Å². The van der Waals surface area contributed by atoms with Gasteiger partial charge in [-0.05, 0) is 17.5 Å². The average molecular weight is 321 g/mol. The van der Waals surface area contributed by atoms with Crippen molar-refractivity contribution in [2.45, 2.75) is 0 Å². The predicted octanol–water partition coefficient (Wildman–Crippen LogP) is 3.82.